The molecule has 0 radical (unpaired) electrons. The van der Waals surface area contributed by atoms with Crippen molar-refractivity contribution in [3.05, 3.63) is 100 Å². The van der Waals surface area contributed by atoms with Gasteiger partial charge in [-0.05, 0) is 51.5 Å². The number of halogens is 1. The molecule has 1 amide bonds. The molecule has 31 heavy (non-hydrogen) atoms. The fourth-order valence-corrected chi connectivity index (χ4v) is 4.35. The molecule has 1 heterocycles. The summed E-state index contributed by atoms with van der Waals surface area (Å²) in [4.78, 5) is 21.0. The predicted molar refractivity (Wildman–Crippen MR) is 129 cm³/mol. The number of hydrogen-bond acceptors (Lipinski definition) is 2. The number of benzene rings is 3. The fraction of sp³-hybridized carbons (Fsp3) is 0.259. The van der Waals surface area contributed by atoms with E-state index in [1.807, 2.05) is 74.2 Å². The second-order valence-corrected chi connectivity index (χ2v) is 9.13. The van der Waals surface area contributed by atoms with Crippen molar-refractivity contribution in [3.8, 4) is 0 Å². The Balaban J connectivity index is 1.96. The number of rotatable bonds is 4. The van der Waals surface area contributed by atoms with Crippen molar-refractivity contribution in [1.82, 2.24) is 0 Å². The minimum Gasteiger partial charge on any atom is -0.307 e. The molecule has 0 bridgehead atoms. The van der Waals surface area contributed by atoms with E-state index in [9.17, 15) is 4.79 Å². The molecule has 158 valence electrons. The molecule has 0 aromatic heterocycles. The van der Waals surface area contributed by atoms with Crippen molar-refractivity contribution in [1.29, 1.82) is 0 Å². The molecule has 0 spiro atoms. The van der Waals surface area contributed by atoms with Crippen LogP contribution in [0, 0.1) is 6.92 Å². The molecule has 0 saturated carbocycles. The number of fused-ring (bicyclic) bond motifs is 1. The molecule has 4 heteroatoms. The highest BCUT2D eigenvalue weighted by molar-refractivity contribution is 6.32. The summed E-state index contributed by atoms with van der Waals surface area (Å²) >= 11 is 6.40. The second kappa shape index (κ2) is 8.32. The highest BCUT2D eigenvalue weighted by Crippen LogP contribution is 2.36. The summed E-state index contributed by atoms with van der Waals surface area (Å²) in [5.74, 6) is -0.00224. The van der Waals surface area contributed by atoms with Gasteiger partial charge in [-0.3, -0.25) is 9.79 Å². The first-order chi connectivity index (χ1) is 14.8. The van der Waals surface area contributed by atoms with E-state index in [0.717, 1.165) is 28.1 Å². The summed E-state index contributed by atoms with van der Waals surface area (Å²) in [6.45, 7) is 8.09. The summed E-state index contributed by atoms with van der Waals surface area (Å²) in [5.41, 5.74) is 4.83. The lowest BCUT2D eigenvalue weighted by molar-refractivity contribution is -0.123. The Morgan fingerprint density at radius 3 is 2.32 bits per heavy atom. The summed E-state index contributed by atoms with van der Waals surface area (Å²) in [7, 11) is 0. The number of hydrogen-bond donors (Lipinski definition) is 0. The maximum atomic E-state index is 14.0. The van der Waals surface area contributed by atoms with E-state index in [1.165, 1.54) is 5.56 Å². The van der Waals surface area contributed by atoms with Gasteiger partial charge >= 0.3 is 0 Å². The largest absolute Gasteiger partial charge is 0.307 e. The Bertz CT molecular complexity index is 1140. The van der Waals surface area contributed by atoms with E-state index < -0.39 is 5.54 Å². The molecule has 0 aliphatic carbocycles. The van der Waals surface area contributed by atoms with Gasteiger partial charge in [-0.25, -0.2) is 0 Å². The van der Waals surface area contributed by atoms with E-state index >= 15 is 0 Å². The van der Waals surface area contributed by atoms with Gasteiger partial charge in [0.25, 0.3) is 5.91 Å². The molecule has 3 aromatic carbocycles. The molecular weight excluding hydrogens is 404 g/mol. The number of aryl methyl sites for hydroxylation is 1. The summed E-state index contributed by atoms with van der Waals surface area (Å²) in [6, 6.07) is 24.0. The molecule has 3 aromatic rings. The smallest absolute Gasteiger partial charge is 0.255 e. The Morgan fingerprint density at radius 1 is 1.00 bits per heavy atom. The van der Waals surface area contributed by atoms with Gasteiger partial charge in [0.05, 0.1) is 11.4 Å². The van der Waals surface area contributed by atoms with Gasteiger partial charge in [-0.2, -0.15) is 0 Å². The van der Waals surface area contributed by atoms with Crippen LogP contribution in [0.2, 0.25) is 5.02 Å². The van der Waals surface area contributed by atoms with E-state index in [0.29, 0.717) is 11.4 Å². The molecule has 1 atom stereocenters. The molecule has 1 aliphatic rings. The van der Waals surface area contributed by atoms with Crippen molar-refractivity contribution < 1.29 is 4.79 Å². The molecule has 0 saturated heterocycles. The van der Waals surface area contributed by atoms with Crippen LogP contribution in [-0.2, 0) is 11.2 Å². The first-order valence-electron chi connectivity index (χ1n) is 10.6. The Morgan fingerprint density at radius 2 is 1.68 bits per heavy atom. The van der Waals surface area contributed by atoms with Crippen LogP contribution in [0.5, 0.6) is 0 Å². The third kappa shape index (κ3) is 4.15. The Kier molecular flexibility index (Phi) is 5.72. The minimum atomic E-state index is -0.948. The van der Waals surface area contributed by atoms with Crippen LogP contribution in [0.1, 0.15) is 43.0 Å². The van der Waals surface area contributed by atoms with Crippen molar-refractivity contribution in [2.75, 3.05) is 4.90 Å². The first kappa shape index (κ1) is 21.3. The summed E-state index contributed by atoms with van der Waals surface area (Å²) < 4.78 is 0. The number of anilines is 1. The van der Waals surface area contributed by atoms with Crippen LogP contribution in [0.3, 0.4) is 0 Å². The average molecular weight is 431 g/mol. The maximum absolute atomic E-state index is 14.0. The van der Waals surface area contributed by atoms with Gasteiger partial charge in [-0.15, -0.1) is 0 Å². The number of benzodiazepines with no additional fused rings is 1. The third-order valence-electron chi connectivity index (χ3n) is 5.74. The lowest BCUT2D eigenvalue weighted by Gasteiger charge is -2.33. The second-order valence-electron chi connectivity index (χ2n) is 8.69. The first-order valence-corrected chi connectivity index (χ1v) is 11.0. The predicted octanol–water partition coefficient (Wildman–Crippen LogP) is 6.24. The lowest BCUT2D eigenvalue weighted by atomic mass is 9.90. The fourth-order valence-electron chi connectivity index (χ4n) is 4.18. The highest BCUT2D eigenvalue weighted by Gasteiger charge is 2.42. The van der Waals surface area contributed by atoms with Crippen LogP contribution >= 0.6 is 11.6 Å². The Hall–Kier alpha value is -2.91. The average Bonchev–Trinajstić information content (AvgIpc) is 2.84. The molecule has 1 aliphatic heterocycles. The number of carbonyl (C=O) groups is 1. The number of amides is 1. The van der Waals surface area contributed by atoms with Gasteiger partial charge < -0.3 is 4.90 Å². The molecule has 3 nitrogen and oxygen atoms in total. The van der Waals surface area contributed by atoms with Gasteiger partial charge in [-0.1, -0.05) is 71.8 Å². The van der Waals surface area contributed by atoms with E-state index in [4.69, 9.17) is 16.6 Å². The zero-order valence-corrected chi connectivity index (χ0v) is 19.1. The van der Waals surface area contributed by atoms with Crippen LogP contribution in [-0.4, -0.2) is 23.2 Å². The summed E-state index contributed by atoms with van der Waals surface area (Å²) in [5, 5.41) is 0.626. The number of carbonyl (C=O) groups excluding carboxylic acids is 1. The molecule has 4 rings (SSSR count). The van der Waals surface area contributed by atoms with Crippen LogP contribution in [0.4, 0.5) is 5.69 Å². The zero-order chi connectivity index (χ0) is 22.2. The monoisotopic (exact) mass is 430 g/mol. The maximum Gasteiger partial charge on any atom is 0.255 e. The molecule has 0 N–H and O–H groups in total. The molecular formula is C27H27ClN2O. The van der Waals surface area contributed by atoms with Crippen molar-refractivity contribution in [2.45, 2.75) is 45.7 Å². The van der Waals surface area contributed by atoms with Gasteiger partial charge in [0.1, 0.15) is 5.54 Å². The third-order valence-corrected chi connectivity index (χ3v) is 5.98. The van der Waals surface area contributed by atoms with E-state index in [1.54, 1.807) is 0 Å². The van der Waals surface area contributed by atoms with Crippen LogP contribution in [0.25, 0.3) is 0 Å². The molecule has 0 fully saturated rings. The SMILES string of the molecule is Cc1ccc(C[C@@]2(C)N=C(c3ccccc3)c3cc(Cl)ccc3N(C(C)C)C2=O)cc1. The Labute approximate surface area is 189 Å². The van der Waals surface area contributed by atoms with E-state index in [2.05, 4.69) is 31.2 Å². The van der Waals surface area contributed by atoms with Crippen molar-refractivity contribution in [2.24, 2.45) is 4.99 Å². The normalized spacial score (nSPS) is 18.6. The van der Waals surface area contributed by atoms with Gasteiger partial charge in [0.15, 0.2) is 0 Å². The number of aliphatic imine (C=N–C) groups is 1. The van der Waals surface area contributed by atoms with E-state index in [-0.39, 0.29) is 11.9 Å². The van der Waals surface area contributed by atoms with Crippen molar-refractivity contribution >= 4 is 28.9 Å². The molecule has 0 unspecified atom stereocenters. The van der Waals surface area contributed by atoms with Gasteiger partial charge in [0, 0.05) is 28.6 Å². The number of nitrogens with zero attached hydrogens (tertiary/aromatic N) is 2. The standard InChI is InChI=1S/C27H27ClN2O/c1-18(2)30-24-15-14-22(28)16-23(24)25(21-8-6-5-7-9-21)29-27(4,26(30)31)17-20-12-10-19(3)11-13-20/h5-16,18H,17H2,1-4H3/t27-/m1/s1. The van der Waals surface area contributed by atoms with Crippen molar-refractivity contribution in [3.63, 3.8) is 0 Å². The topological polar surface area (TPSA) is 32.7 Å². The van der Waals surface area contributed by atoms with Crippen LogP contribution in [0.15, 0.2) is 77.8 Å². The van der Waals surface area contributed by atoms with Crippen LogP contribution < -0.4 is 4.90 Å². The highest BCUT2D eigenvalue weighted by atomic mass is 35.5. The van der Waals surface area contributed by atoms with Gasteiger partial charge in [0.2, 0.25) is 0 Å². The quantitative estimate of drug-likeness (QED) is 0.482. The lowest BCUT2D eigenvalue weighted by Crippen LogP contribution is -2.49. The zero-order valence-electron chi connectivity index (χ0n) is 18.4. The summed E-state index contributed by atoms with van der Waals surface area (Å²) in [6.07, 6.45) is 0.521. The minimum absolute atomic E-state index is 0.00224.